The van der Waals surface area contributed by atoms with Gasteiger partial charge in [0.15, 0.2) is 0 Å². The summed E-state index contributed by atoms with van der Waals surface area (Å²) in [6.07, 6.45) is 1.03. The summed E-state index contributed by atoms with van der Waals surface area (Å²) < 4.78 is 64.6. The summed E-state index contributed by atoms with van der Waals surface area (Å²) in [4.78, 5) is 12.9. The third kappa shape index (κ3) is 6.71. The van der Waals surface area contributed by atoms with Crippen LogP contribution < -0.4 is 23.8 Å². The highest BCUT2D eigenvalue weighted by atomic mass is 32.2. The lowest BCUT2D eigenvalue weighted by atomic mass is 10.2. The Morgan fingerprint density at radius 3 is 2.05 bits per heavy atom. The molecule has 3 rings (SSSR count). The maximum atomic E-state index is 12.9. The van der Waals surface area contributed by atoms with Gasteiger partial charge in [-0.05, 0) is 62.4 Å². The first kappa shape index (κ1) is 27.8. The maximum absolute atomic E-state index is 12.9. The number of ether oxygens (including phenoxy) is 2. The smallest absolute Gasteiger partial charge is 0.262 e. The molecule has 0 bridgehead atoms. The molecule has 0 aromatic heterocycles. The van der Waals surface area contributed by atoms with Crippen LogP contribution in [0, 0.1) is 6.92 Å². The van der Waals surface area contributed by atoms with E-state index in [0.717, 1.165) is 16.1 Å². The van der Waals surface area contributed by atoms with Gasteiger partial charge in [-0.15, -0.1) is 0 Å². The van der Waals surface area contributed by atoms with E-state index < -0.39 is 32.0 Å². The largest absolute Gasteiger partial charge is 0.497 e. The van der Waals surface area contributed by atoms with Gasteiger partial charge in [0.2, 0.25) is 15.9 Å². The molecular formula is C25H29N3O7S2. The van der Waals surface area contributed by atoms with E-state index in [1.807, 2.05) is 6.92 Å². The number of rotatable bonds is 10. The highest BCUT2D eigenvalue weighted by Crippen LogP contribution is 2.31. The number of amides is 1. The van der Waals surface area contributed by atoms with Crippen LogP contribution in [0.1, 0.15) is 12.5 Å². The zero-order chi connectivity index (χ0) is 27.4. The van der Waals surface area contributed by atoms with Crippen LogP contribution in [0.15, 0.2) is 71.6 Å². The van der Waals surface area contributed by atoms with E-state index in [2.05, 4.69) is 10.0 Å². The van der Waals surface area contributed by atoms with Crippen molar-refractivity contribution in [3.05, 3.63) is 72.3 Å². The second-order valence-electron chi connectivity index (χ2n) is 8.26. The molecular weight excluding hydrogens is 518 g/mol. The molecule has 198 valence electrons. The zero-order valence-corrected chi connectivity index (χ0v) is 22.7. The standard InChI is InChI=1S/C25H29N3O7S2/c1-17-6-10-20(11-7-17)28(36(5,30)31)18(2)25(29)26-19-8-13-22(14-9-19)37(32,33)27-23-16-21(34-3)12-15-24(23)35-4/h6-16,18,27H,1-5H3,(H,26,29)/t18-/m1/s1. The first-order chi connectivity index (χ1) is 17.4. The summed E-state index contributed by atoms with van der Waals surface area (Å²) in [6.45, 7) is 3.35. The van der Waals surface area contributed by atoms with Crippen molar-refractivity contribution in [2.45, 2.75) is 24.8 Å². The van der Waals surface area contributed by atoms with Gasteiger partial charge in [0, 0.05) is 11.8 Å². The molecule has 3 aromatic carbocycles. The van der Waals surface area contributed by atoms with Crippen molar-refractivity contribution < 1.29 is 31.1 Å². The number of hydrogen-bond donors (Lipinski definition) is 2. The van der Waals surface area contributed by atoms with Crippen molar-refractivity contribution in [1.29, 1.82) is 0 Å². The van der Waals surface area contributed by atoms with Crippen molar-refractivity contribution >= 4 is 43.0 Å². The summed E-state index contributed by atoms with van der Waals surface area (Å²) in [7, 11) is -4.88. The van der Waals surface area contributed by atoms with Crippen LogP contribution in [0.3, 0.4) is 0 Å². The molecule has 0 aliphatic heterocycles. The number of carbonyl (C=O) groups excluding carboxylic acids is 1. The average Bonchev–Trinajstić information content (AvgIpc) is 2.84. The molecule has 10 nitrogen and oxygen atoms in total. The van der Waals surface area contributed by atoms with Crippen molar-refractivity contribution in [2.24, 2.45) is 0 Å². The number of nitrogens with zero attached hydrogens (tertiary/aromatic N) is 1. The molecule has 0 saturated heterocycles. The molecule has 1 atom stereocenters. The molecule has 0 aliphatic rings. The van der Waals surface area contributed by atoms with E-state index in [4.69, 9.17) is 9.47 Å². The van der Waals surface area contributed by atoms with Gasteiger partial charge in [-0.3, -0.25) is 13.8 Å². The van der Waals surface area contributed by atoms with Crippen LogP contribution in [0.2, 0.25) is 0 Å². The molecule has 1 amide bonds. The molecule has 0 radical (unpaired) electrons. The van der Waals surface area contributed by atoms with Gasteiger partial charge in [0.25, 0.3) is 10.0 Å². The van der Waals surface area contributed by atoms with Crippen molar-refractivity contribution in [1.82, 2.24) is 0 Å². The average molecular weight is 548 g/mol. The Labute approximate surface area is 217 Å². The number of hydrogen-bond acceptors (Lipinski definition) is 7. The van der Waals surface area contributed by atoms with Gasteiger partial charge in [-0.2, -0.15) is 0 Å². The number of anilines is 3. The minimum atomic E-state index is -3.99. The SMILES string of the molecule is COc1ccc(OC)c(NS(=O)(=O)c2ccc(NC(=O)[C@@H](C)N(c3ccc(C)cc3)S(C)(=O)=O)cc2)c1. The fourth-order valence-corrected chi connectivity index (χ4v) is 5.80. The topological polar surface area (TPSA) is 131 Å². The fraction of sp³-hybridized carbons (Fsp3) is 0.240. The van der Waals surface area contributed by atoms with Crippen LogP contribution in [0.4, 0.5) is 17.1 Å². The lowest BCUT2D eigenvalue weighted by Gasteiger charge is -2.28. The van der Waals surface area contributed by atoms with Crippen LogP contribution in [-0.2, 0) is 24.8 Å². The lowest BCUT2D eigenvalue weighted by molar-refractivity contribution is -0.116. The van der Waals surface area contributed by atoms with Gasteiger partial charge >= 0.3 is 0 Å². The summed E-state index contributed by atoms with van der Waals surface area (Å²) in [5.41, 5.74) is 1.80. The Balaban J connectivity index is 1.78. The van der Waals surface area contributed by atoms with Gasteiger partial charge in [0.1, 0.15) is 17.5 Å². The zero-order valence-electron chi connectivity index (χ0n) is 21.0. The monoisotopic (exact) mass is 547 g/mol. The highest BCUT2D eigenvalue weighted by Gasteiger charge is 2.29. The third-order valence-corrected chi connectivity index (χ3v) is 8.08. The number of sulfonamides is 2. The van der Waals surface area contributed by atoms with Gasteiger partial charge in [-0.1, -0.05) is 17.7 Å². The van der Waals surface area contributed by atoms with Crippen LogP contribution >= 0.6 is 0 Å². The number of nitrogens with one attached hydrogen (secondary N) is 2. The molecule has 0 heterocycles. The van der Waals surface area contributed by atoms with Crippen molar-refractivity contribution in [3.63, 3.8) is 0 Å². The first-order valence-corrected chi connectivity index (χ1v) is 14.4. The second kappa shape index (κ2) is 11.1. The Kier molecular flexibility index (Phi) is 8.34. The Hall–Kier alpha value is -3.77. The molecule has 0 fully saturated rings. The van der Waals surface area contributed by atoms with E-state index in [-0.39, 0.29) is 10.6 Å². The molecule has 0 unspecified atom stereocenters. The predicted molar refractivity (Wildman–Crippen MR) is 143 cm³/mol. The summed E-state index contributed by atoms with van der Waals surface area (Å²) >= 11 is 0. The van der Waals surface area contributed by atoms with Crippen LogP contribution in [-0.4, -0.2) is 49.3 Å². The van der Waals surface area contributed by atoms with E-state index >= 15 is 0 Å². The minimum absolute atomic E-state index is 0.0548. The summed E-state index contributed by atoms with van der Waals surface area (Å²) in [6, 6.07) is 15.9. The molecule has 37 heavy (non-hydrogen) atoms. The Morgan fingerprint density at radius 1 is 0.892 bits per heavy atom. The lowest BCUT2D eigenvalue weighted by Crippen LogP contribution is -2.45. The van der Waals surface area contributed by atoms with Gasteiger partial charge in [0.05, 0.1) is 36.7 Å². The second-order valence-corrected chi connectivity index (χ2v) is 11.8. The normalized spacial score (nSPS) is 12.4. The highest BCUT2D eigenvalue weighted by molar-refractivity contribution is 7.92. The Morgan fingerprint density at radius 2 is 1.51 bits per heavy atom. The van der Waals surface area contributed by atoms with E-state index in [1.54, 1.807) is 36.4 Å². The third-order valence-electron chi connectivity index (χ3n) is 5.46. The van der Waals surface area contributed by atoms with E-state index in [9.17, 15) is 21.6 Å². The van der Waals surface area contributed by atoms with E-state index in [1.165, 1.54) is 51.5 Å². The molecule has 0 spiro atoms. The fourth-order valence-electron chi connectivity index (χ4n) is 3.56. The number of benzene rings is 3. The molecule has 0 saturated carbocycles. The van der Waals surface area contributed by atoms with Crippen molar-refractivity contribution in [2.75, 3.05) is 34.8 Å². The maximum Gasteiger partial charge on any atom is 0.262 e. The number of aryl methyl sites for hydroxylation is 1. The van der Waals surface area contributed by atoms with E-state index in [0.29, 0.717) is 22.9 Å². The molecule has 12 heteroatoms. The van der Waals surface area contributed by atoms with Crippen LogP contribution in [0.25, 0.3) is 0 Å². The minimum Gasteiger partial charge on any atom is -0.497 e. The summed E-state index contributed by atoms with van der Waals surface area (Å²) in [5, 5.41) is 2.64. The quantitative estimate of drug-likeness (QED) is 0.396. The first-order valence-electron chi connectivity index (χ1n) is 11.1. The predicted octanol–water partition coefficient (Wildman–Crippen LogP) is 3.61. The number of methoxy groups -OCH3 is 2. The summed E-state index contributed by atoms with van der Waals surface area (Å²) in [5.74, 6) is 0.173. The van der Waals surface area contributed by atoms with Gasteiger partial charge < -0.3 is 14.8 Å². The molecule has 2 N–H and O–H groups in total. The van der Waals surface area contributed by atoms with Crippen molar-refractivity contribution in [3.8, 4) is 11.5 Å². The molecule has 3 aromatic rings. The number of carbonyl (C=O) groups is 1. The molecule has 0 aliphatic carbocycles. The van der Waals surface area contributed by atoms with Crippen LogP contribution in [0.5, 0.6) is 11.5 Å². The Bertz CT molecular complexity index is 1470. The van der Waals surface area contributed by atoms with Gasteiger partial charge in [-0.25, -0.2) is 16.8 Å².